The predicted molar refractivity (Wildman–Crippen MR) is 108 cm³/mol. The molecule has 1 fully saturated rings. The van der Waals surface area contributed by atoms with Crippen molar-refractivity contribution in [3.05, 3.63) is 60.2 Å². The van der Waals surface area contributed by atoms with Crippen molar-refractivity contribution in [1.82, 2.24) is 4.72 Å². The molecule has 1 atom stereocenters. The van der Waals surface area contributed by atoms with Gasteiger partial charge in [0, 0.05) is 13.1 Å². The molecule has 2 N–H and O–H groups in total. The van der Waals surface area contributed by atoms with Gasteiger partial charge in [0.05, 0.1) is 22.4 Å². The average molecular weight is 425 g/mol. The van der Waals surface area contributed by atoms with Gasteiger partial charge in [-0.25, -0.2) is 21.6 Å². The van der Waals surface area contributed by atoms with Crippen molar-refractivity contribution >= 4 is 25.7 Å². The SMILES string of the molecule is O=S(=O)(NC[C@H](O)Cc1ccccc1)c1ccc(N2CCCCS2(=O)=O)cc1. The van der Waals surface area contributed by atoms with E-state index < -0.39 is 26.2 Å². The fourth-order valence-corrected chi connectivity index (χ4v) is 5.83. The van der Waals surface area contributed by atoms with E-state index in [0.29, 0.717) is 25.1 Å². The Hall–Kier alpha value is -1.94. The van der Waals surface area contributed by atoms with Crippen molar-refractivity contribution in [2.24, 2.45) is 0 Å². The summed E-state index contributed by atoms with van der Waals surface area (Å²) < 4.78 is 52.9. The van der Waals surface area contributed by atoms with Gasteiger partial charge in [0.2, 0.25) is 20.0 Å². The molecule has 0 radical (unpaired) electrons. The standard InChI is InChI=1S/C19H24N2O5S2/c22-18(14-16-6-2-1-3-7-16)15-20-28(25,26)19-10-8-17(9-11-19)21-12-4-5-13-27(21,23)24/h1-3,6-11,18,20,22H,4-5,12-15H2/t18-/m1/s1. The third-order valence-electron chi connectivity index (χ3n) is 4.61. The summed E-state index contributed by atoms with van der Waals surface area (Å²) in [6.07, 6.45) is 0.908. The Labute approximate surface area is 166 Å². The van der Waals surface area contributed by atoms with E-state index in [0.717, 1.165) is 12.0 Å². The normalized spacial score (nSPS) is 18.0. The van der Waals surface area contributed by atoms with E-state index in [1.807, 2.05) is 30.3 Å². The highest BCUT2D eigenvalue weighted by Gasteiger charge is 2.26. The molecule has 0 aliphatic carbocycles. The van der Waals surface area contributed by atoms with E-state index in [1.165, 1.54) is 28.6 Å². The third kappa shape index (κ3) is 5.11. The molecule has 0 spiro atoms. The maximum absolute atomic E-state index is 12.4. The Balaban J connectivity index is 1.63. The molecule has 9 heteroatoms. The molecule has 152 valence electrons. The Morgan fingerprint density at radius 3 is 2.36 bits per heavy atom. The monoisotopic (exact) mass is 424 g/mol. The molecule has 1 aliphatic heterocycles. The summed E-state index contributed by atoms with van der Waals surface area (Å²) in [6.45, 7) is 0.290. The number of anilines is 1. The molecule has 1 saturated heterocycles. The molecular formula is C19H24N2O5S2. The van der Waals surface area contributed by atoms with Crippen molar-refractivity contribution in [3.63, 3.8) is 0 Å². The molecule has 0 unspecified atom stereocenters. The molecule has 0 saturated carbocycles. The minimum Gasteiger partial charge on any atom is -0.391 e. The van der Waals surface area contributed by atoms with Crippen LogP contribution in [-0.2, 0) is 26.5 Å². The highest BCUT2D eigenvalue weighted by Crippen LogP contribution is 2.24. The highest BCUT2D eigenvalue weighted by atomic mass is 32.2. The van der Waals surface area contributed by atoms with E-state index in [4.69, 9.17) is 0 Å². The van der Waals surface area contributed by atoms with Gasteiger partial charge in [-0.3, -0.25) is 4.31 Å². The molecule has 1 aliphatic rings. The minimum absolute atomic E-state index is 0.0255. The second-order valence-corrected chi connectivity index (χ2v) is 10.6. The average Bonchev–Trinajstić information content (AvgIpc) is 2.67. The minimum atomic E-state index is -3.80. The third-order valence-corrected chi connectivity index (χ3v) is 7.92. The number of hydrogen-bond acceptors (Lipinski definition) is 5. The molecular weight excluding hydrogens is 400 g/mol. The smallest absolute Gasteiger partial charge is 0.240 e. The molecule has 3 rings (SSSR count). The van der Waals surface area contributed by atoms with E-state index in [1.54, 1.807) is 0 Å². The van der Waals surface area contributed by atoms with Crippen LogP contribution in [0.15, 0.2) is 59.5 Å². The van der Waals surface area contributed by atoms with Crippen molar-refractivity contribution in [1.29, 1.82) is 0 Å². The molecule has 7 nitrogen and oxygen atoms in total. The first-order valence-electron chi connectivity index (χ1n) is 9.10. The van der Waals surface area contributed by atoms with Gasteiger partial charge in [0.25, 0.3) is 0 Å². The summed E-state index contributed by atoms with van der Waals surface area (Å²) in [7, 11) is -7.14. The van der Waals surface area contributed by atoms with Crippen LogP contribution in [-0.4, -0.2) is 46.9 Å². The lowest BCUT2D eigenvalue weighted by Crippen LogP contribution is -2.37. The van der Waals surface area contributed by atoms with Crippen LogP contribution in [0, 0.1) is 0 Å². The fraction of sp³-hybridized carbons (Fsp3) is 0.368. The van der Waals surface area contributed by atoms with Crippen LogP contribution in [0.2, 0.25) is 0 Å². The van der Waals surface area contributed by atoms with Gasteiger partial charge in [-0.15, -0.1) is 0 Å². The summed E-state index contributed by atoms with van der Waals surface area (Å²) in [5.41, 5.74) is 1.38. The van der Waals surface area contributed by atoms with Crippen LogP contribution in [0.5, 0.6) is 0 Å². The number of nitrogens with one attached hydrogen (secondary N) is 1. The van der Waals surface area contributed by atoms with E-state index in [-0.39, 0.29) is 17.2 Å². The largest absolute Gasteiger partial charge is 0.391 e. The number of aliphatic hydroxyl groups is 1. The second-order valence-electron chi connectivity index (χ2n) is 6.78. The van der Waals surface area contributed by atoms with E-state index in [2.05, 4.69) is 4.72 Å². The zero-order valence-corrected chi connectivity index (χ0v) is 17.0. The lowest BCUT2D eigenvalue weighted by molar-refractivity contribution is 0.179. The van der Waals surface area contributed by atoms with Crippen LogP contribution in [0.4, 0.5) is 5.69 Å². The maximum atomic E-state index is 12.4. The van der Waals surface area contributed by atoms with Crippen molar-refractivity contribution in [2.75, 3.05) is 23.1 Å². The van der Waals surface area contributed by atoms with Crippen LogP contribution in [0.3, 0.4) is 0 Å². The van der Waals surface area contributed by atoms with Crippen molar-refractivity contribution in [2.45, 2.75) is 30.3 Å². The first-order valence-corrected chi connectivity index (χ1v) is 12.2. The van der Waals surface area contributed by atoms with Crippen LogP contribution < -0.4 is 9.03 Å². The number of hydrogen-bond donors (Lipinski definition) is 2. The Morgan fingerprint density at radius 2 is 1.71 bits per heavy atom. The lowest BCUT2D eigenvalue weighted by Gasteiger charge is -2.28. The Bertz CT molecular complexity index is 990. The zero-order valence-electron chi connectivity index (χ0n) is 15.4. The van der Waals surface area contributed by atoms with Gasteiger partial charge in [0.1, 0.15) is 0 Å². The Morgan fingerprint density at radius 1 is 1.04 bits per heavy atom. The van der Waals surface area contributed by atoms with Crippen LogP contribution in [0.1, 0.15) is 18.4 Å². The first-order chi connectivity index (χ1) is 13.3. The number of nitrogens with zero attached hydrogens (tertiary/aromatic N) is 1. The van der Waals surface area contributed by atoms with Crippen molar-refractivity contribution < 1.29 is 21.9 Å². The summed E-state index contributed by atoms with van der Waals surface area (Å²) >= 11 is 0. The molecule has 28 heavy (non-hydrogen) atoms. The molecule has 0 bridgehead atoms. The number of sulfonamides is 2. The highest BCUT2D eigenvalue weighted by molar-refractivity contribution is 7.92. The summed E-state index contributed by atoms with van der Waals surface area (Å²) in [6, 6.07) is 15.1. The fourth-order valence-electron chi connectivity index (χ4n) is 3.12. The van der Waals surface area contributed by atoms with Gasteiger partial charge in [-0.05, 0) is 49.1 Å². The molecule has 2 aromatic carbocycles. The molecule has 2 aromatic rings. The lowest BCUT2D eigenvalue weighted by atomic mass is 10.1. The topological polar surface area (TPSA) is 104 Å². The van der Waals surface area contributed by atoms with Gasteiger partial charge in [-0.2, -0.15) is 0 Å². The number of aliphatic hydroxyl groups excluding tert-OH is 1. The molecule has 1 heterocycles. The van der Waals surface area contributed by atoms with Gasteiger partial charge < -0.3 is 5.11 Å². The summed E-state index contributed by atoms with van der Waals surface area (Å²) in [4.78, 5) is 0.0255. The van der Waals surface area contributed by atoms with E-state index >= 15 is 0 Å². The zero-order chi connectivity index (χ0) is 20.2. The van der Waals surface area contributed by atoms with Crippen LogP contribution >= 0.6 is 0 Å². The molecule has 0 amide bonds. The Kier molecular flexibility index (Phi) is 6.39. The van der Waals surface area contributed by atoms with Gasteiger partial charge >= 0.3 is 0 Å². The van der Waals surface area contributed by atoms with Crippen LogP contribution in [0.25, 0.3) is 0 Å². The first kappa shape index (κ1) is 20.8. The number of rotatable bonds is 7. The summed E-state index contributed by atoms with van der Waals surface area (Å²) in [5, 5.41) is 10.1. The van der Waals surface area contributed by atoms with Gasteiger partial charge in [0.15, 0.2) is 0 Å². The number of benzene rings is 2. The van der Waals surface area contributed by atoms with Crippen molar-refractivity contribution in [3.8, 4) is 0 Å². The molecule has 0 aromatic heterocycles. The predicted octanol–water partition coefficient (Wildman–Crippen LogP) is 1.50. The second kappa shape index (κ2) is 8.60. The quantitative estimate of drug-likeness (QED) is 0.701. The van der Waals surface area contributed by atoms with Gasteiger partial charge in [-0.1, -0.05) is 30.3 Å². The maximum Gasteiger partial charge on any atom is 0.240 e. The van der Waals surface area contributed by atoms with E-state index in [9.17, 15) is 21.9 Å². The summed E-state index contributed by atoms with van der Waals surface area (Å²) in [5.74, 6) is 0.105.